The van der Waals surface area contributed by atoms with Crippen LogP contribution in [0.2, 0.25) is 0 Å². The van der Waals surface area contributed by atoms with Crippen LogP contribution in [0.4, 0.5) is 0 Å². The molecule has 0 aliphatic rings. The molecule has 0 amide bonds. The van der Waals surface area contributed by atoms with E-state index in [0.29, 0.717) is 5.95 Å². The van der Waals surface area contributed by atoms with Crippen LogP contribution in [0.15, 0.2) is 158 Å². The number of hydrogen-bond donors (Lipinski definition) is 0. The highest BCUT2D eigenvalue weighted by atomic mass is 15.2. The van der Waals surface area contributed by atoms with E-state index in [1.54, 1.807) is 0 Å². The minimum atomic E-state index is 0.657. The van der Waals surface area contributed by atoms with Crippen molar-refractivity contribution in [3.05, 3.63) is 158 Å². The van der Waals surface area contributed by atoms with E-state index in [1.807, 2.05) is 12.1 Å². The number of fused-ring (bicyclic) bond motifs is 13. The fourth-order valence-corrected chi connectivity index (χ4v) is 8.10. The predicted molar refractivity (Wildman–Crippen MR) is 199 cm³/mol. The van der Waals surface area contributed by atoms with Gasteiger partial charge in [0.1, 0.15) is 0 Å². The lowest BCUT2D eigenvalue weighted by Gasteiger charge is -2.13. The van der Waals surface area contributed by atoms with Gasteiger partial charge in [-0.2, -0.15) is 0 Å². The molecule has 4 heteroatoms. The minimum Gasteiger partial charge on any atom is -0.307 e. The Bertz CT molecular complexity index is 2980. The van der Waals surface area contributed by atoms with Gasteiger partial charge in [0.2, 0.25) is 5.95 Å². The molecular formula is C44H26N4. The first kappa shape index (κ1) is 25.6. The molecule has 0 atom stereocenters. The molecule has 4 heterocycles. The van der Waals surface area contributed by atoms with Gasteiger partial charge in [0.25, 0.3) is 0 Å². The molecule has 0 aliphatic heterocycles. The van der Waals surface area contributed by atoms with Crippen LogP contribution in [-0.4, -0.2) is 18.9 Å². The Morgan fingerprint density at radius 2 is 0.875 bits per heavy atom. The molecule has 4 aromatic heterocycles. The van der Waals surface area contributed by atoms with Crippen LogP contribution in [0.1, 0.15) is 0 Å². The monoisotopic (exact) mass is 610 g/mol. The van der Waals surface area contributed by atoms with Crippen LogP contribution in [-0.2, 0) is 0 Å². The summed E-state index contributed by atoms with van der Waals surface area (Å²) in [4.78, 5) is 10.7. The Labute approximate surface area is 275 Å². The third-order valence-electron chi connectivity index (χ3n) is 10.0. The first-order chi connectivity index (χ1) is 23.8. The quantitative estimate of drug-likeness (QED) is 0.199. The van der Waals surface area contributed by atoms with E-state index in [9.17, 15) is 0 Å². The molecule has 0 spiro atoms. The first-order valence-electron chi connectivity index (χ1n) is 16.4. The second-order valence-corrected chi connectivity index (χ2v) is 12.6. The van der Waals surface area contributed by atoms with Gasteiger partial charge in [0.05, 0.1) is 39.0 Å². The summed E-state index contributed by atoms with van der Waals surface area (Å²) < 4.78 is 4.82. The lowest BCUT2D eigenvalue weighted by molar-refractivity contribution is 0.998. The van der Waals surface area contributed by atoms with Crippen molar-refractivity contribution in [2.75, 3.05) is 0 Å². The zero-order valence-corrected chi connectivity index (χ0v) is 25.8. The molecule has 11 rings (SSSR count). The van der Waals surface area contributed by atoms with Crippen molar-refractivity contribution in [2.45, 2.75) is 0 Å². The molecule has 0 radical (unpaired) electrons. The van der Waals surface area contributed by atoms with Gasteiger partial charge < -0.3 is 4.40 Å². The van der Waals surface area contributed by atoms with Crippen molar-refractivity contribution in [3.63, 3.8) is 0 Å². The Balaban J connectivity index is 1.39. The molecule has 4 nitrogen and oxygen atoms in total. The second kappa shape index (κ2) is 9.50. The van der Waals surface area contributed by atoms with Crippen molar-refractivity contribution in [1.82, 2.24) is 18.9 Å². The van der Waals surface area contributed by atoms with Crippen molar-refractivity contribution in [1.29, 1.82) is 0 Å². The Morgan fingerprint density at radius 1 is 0.354 bits per heavy atom. The maximum absolute atomic E-state index is 5.34. The molecule has 0 saturated carbocycles. The van der Waals surface area contributed by atoms with Crippen LogP contribution in [0.25, 0.3) is 99.1 Å². The maximum atomic E-state index is 5.34. The first-order valence-corrected chi connectivity index (χ1v) is 16.4. The summed E-state index contributed by atoms with van der Waals surface area (Å²) in [5.74, 6) is 0.657. The average Bonchev–Trinajstić information content (AvgIpc) is 3.81. The third-order valence-corrected chi connectivity index (χ3v) is 10.0. The summed E-state index contributed by atoms with van der Waals surface area (Å²) in [7, 11) is 0. The molecule has 0 aliphatic carbocycles. The second-order valence-electron chi connectivity index (χ2n) is 12.6. The number of para-hydroxylation sites is 3. The van der Waals surface area contributed by atoms with E-state index in [0.717, 1.165) is 33.5 Å². The van der Waals surface area contributed by atoms with Crippen molar-refractivity contribution in [2.24, 2.45) is 0 Å². The van der Waals surface area contributed by atoms with Crippen LogP contribution in [0, 0.1) is 0 Å². The van der Waals surface area contributed by atoms with E-state index < -0.39 is 0 Å². The van der Waals surface area contributed by atoms with Gasteiger partial charge in [-0.05, 0) is 23.6 Å². The molecule has 0 unspecified atom stereocenters. The van der Waals surface area contributed by atoms with Crippen LogP contribution in [0.5, 0.6) is 0 Å². The summed E-state index contributed by atoms with van der Waals surface area (Å²) in [6.07, 6.45) is 0. The lowest BCUT2D eigenvalue weighted by atomic mass is 9.98. The number of rotatable bonds is 3. The summed E-state index contributed by atoms with van der Waals surface area (Å²) >= 11 is 0. The summed E-state index contributed by atoms with van der Waals surface area (Å²) in [5.41, 5.74) is 9.82. The molecule has 0 saturated heterocycles. The standard InChI is InChI=1S/C44H26N4/c1-3-14-27(15-4-1)35-26-36(28-16-5-2-6-17-28)46-44(45-35)48-38-25-12-10-21-33(38)40-42(48)32-20-8-7-19-30(32)39-34-23-13-22-31-29-18-9-11-24-37(29)47(41(31)34)43(39)40/h1-26H. The van der Waals surface area contributed by atoms with Gasteiger partial charge >= 0.3 is 0 Å². The largest absolute Gasteiger partial charge is 0.307 e. The number of benzene rings is 7. The van der Waals surface area contributed by atoms with Gasteiger partial charge in [0.15, 0.2) is 0 Å². The highest BCUT2D eigenvalue weighted by Gasteiger charge is 2.26. The summed E-state index contributed by atoms with van der Waals surface area (Å²) in [6, 6.07) is 56.1. The van der Waals surface area contributed by atoms with Gasteiger partial charge in [-0.15, -0.1) is 0 Å². The van der Waals surface area contributed by atoms with Crippen molar-refractivity contribution < 1.29 is 0 Å². The molecule has 11 aromatic rings. The summed E-state index contributed by atoms with van der Waals surface area (Å²) in [6.45, 7) is 0. The molecule has 222 valence electrons. The SMILES string of the molecule is c1ccc(-c2cc(-c3ccccc3)nc(-n3c4ccccc4c4c3c3ccccc3c3c5cccc6c7ccccc7n(c65)c34)n2)cc1. The van der Waals surface area contributed by atoms with E-state index in [-0.39, 0.29) is 0 Å². The highest BCUT2D eigenvalue weighted by molar-refractivity contribution is 6.39. The molecule has 0 bridgehead atoms. The van der Waals surface area contributed by atoms with Gasteiger partial charge in [0, 0.05) is 48.8 Å². The summed E-state index contributed by atoms with van der Waals surface area (Å²) in [5, 5.41) is 9.94. The Morgan fingerprint density at radius 3 is 1.58 bits per heavy atom. The normalized spacial score (nSPS) is 12.2. The smallest absolute Gasteiger partial charge is 0.235 e. The van der Waals surface area contributed by atoms with Gasteiger partial charge in [-0.1, -0.05) is 140 Å². The molecule has 7 aromatic carbocycles. The third kappa shape index (κ3) is 3.33. The van der Waals surface area contributed by atoms with Crippen LogP contribution < -0.4 is 0 Å². The molecular weight excluding hydrogens is 585 g/mol. The van der Waals surface area contributed by atoms with Crippen LogP contribution >= 0.6 is 0 Å². The lowest BCUT2D eigenvalue weighted by Crippen LogP contribution is -2.04. The predicted octanol–water partition coefficient (Wildman–Crippen LogP) is 11.2. The number of nitrogens with zero attached hydrogens (tertiary/aromatic N) is 4. The number of hydrogen-bond acceptors (Lipinski definition) is 2. The van der Waals surface area contributed by atoms with E-state index >= 15 is 0 Å². The average molecular weight is 611 g/mol. The highest BCUT2D eigenvalue weighted by Crippen LogP contribution is 2.48. The maximum Gasteiger partial charge on any atom is 0.235 e. The van der Waals surface area contributed by atoms with E-state index in [2.05, 4.69) is 155 Å². The number of aromatic nitrogens is 4. The Hall–Kier alpha value is -6.52. The zero-order chi connectivity index (χ0) is 31.3. The minimum absolute atomic E-state index is 0.657. The molecule has 48 heavy (non-hydrogen) atoms. The van der Waals surface area contributed by atoms with Crippen molar-refractivity contribution in [3.8, 4) is 28.5 Å². The fourth-order valence-electron chi connectivity index (χ4n) is 8.10. The van der Waals surface area contributed by atoms with E-state index in [4.69, 9.17) is 9.97 Å². The van der Waals surface area contributed by atoms with E-state index in [1.165, 1.54) is 59.6 Å². The molecule has 0 N–H and O–H groups in total. The van der Waals surface area contributed by atoms with Gasteiger partial charge in [-0.3, -0.25) is 4.57 Å². The van der Waals surface area contributed by atoms with Gasteiger partial charge in [-0.25, -0.2) is 9.97 Å². The fraction of sp³-hybridized carbons (Fsp3) is 0. The zero-order valence-electron chi connectivity index (χ0n) is 25.8. The van der Waals surface area contributed by atoms with Crippen LogP contribution in [0.3, 0.4) is 0 Å². The topological polar surface area (TPSA) is 35.1 Å². The Kier molecular flexibility index (Phi) is 5.08. The molecule has 0 fully saturated rings. The van der Waals surface area contributed by atoms with Crippen molar-refractivity contribution >= 4 is 70.7 Å².